The van der Waals surface area contributed by atoms with Crippen molar-refractivity contribution in [2.24, 2.45) is 0 Å². The number of β-lactam (4-membered cyclic amide) rings is 1. The zero-order valence-corrected chi connectivity index (χ0v) is 9.78. The third kappa shape index (κ3) is 3.01. The number of amides is 2. The summed E-state index contributed by atoms with van der Waals surface area (Å²) in [5, 5.41) is 0. The third-order valence-corrected chi connectivity index (χ3v) is 2.77. The highest BCUT2D eigenvalue weighted by molar-refractivity contribution is 6.05. The first-order valence-corrected chi connectivity index (χ1v) is 5.57. The van der Waals surface area contributed by atoms with Crippen LogP contribution >= 0.6 is 0 Å². The highest BCUT2D eigenvalue weighted by Crippen LogP contribution is 2.29. The van der Waals surface area contributed by atoms with Crippen molar-refractivity contribution < 1.29 is 22.8 Å². The Bertz CT molecular complexity index is 532. The Morgan fingerprint density at radius 2 is 1.84 bits per heavy atom. The number of hydrogen-bond donors (Lipinski definition) is 0. The van der Waals surface area contributed by atoms with Crippen LogP contribution in [0.4, 0.5) is 13.2 Å². The molecule has 0 aliphatic carbocycles. The SMILES string of the molecule is O=C(/C=C/c1ccc(C(F)(F)F)cc1)N1CCC1=O. The van der Waals surface area contributed by atoms with E-state index in [9.17, 15) is 22.8 Å². The van der Waals surface area contributed by atoms with Gasteiger partial charge >= 0.3 is 6.18 Å². The van der Waals surface area contributed by atoms with Crippen molar-refractivity contribution in [1.82, 2.24) is 4.90 Å². The molecular formula is C13H10F3NO2. The van der Waals surface area contributed by atoms with E-state index in [0.717, 1.165) is 17.0 Å². The quantitative estimate of drug-likeness (QED) is 0.611. The minimum atomic E-state index is -4.37. The number of halogens is 3. The largest absolute Gasteiger partial charge is 0.416 e. The lowest BCUT2D eigenvalue weighted by Crippen LogP contribution is -2.46. The second-order valence-corrected chi connectivity index (χ2v) is 4.09. The van der Waals surface area contributed by atoms with E-state index in [1.165, 1.54) is 24.3 Å². The molecule has 1 saturated heterocycles. The highest BCUT2D eigenvalue weighted by Gasteiger charge is 2.30. The molecule has 6 heteroatoms. The van der Waals surface area contributed by atoms with Gasteiger partial charge in [-0.1, -0.05) is 12.1 Å². The second-order valence-electron chi connectivity index (χ2n) is 4.09. The van der Waals surface area contributed by atoms with E-state index in [1.54, 1.807) is 0 Å². The molecule has 0 radical (unpaired) electrons. The molecule has 0 aromatic heterocycles. The summed E-state index contributed by atoms with van der Waals surface area (Å²) in [6.07, 6.45) is -1.45. The van der Waals surface area contributed by atoms with Gasteiger partial charge in [-0.15, -0.1) is 0 Å². The number of imide groups is 1. The van der Waals surface area contributed by atoms with Crippen LogP contribution in [0.5, 0.6) is 0 Å². The number of benzene rings is 1. The Morgan fingerprint density at radius 1 is 1.21 bits per heavy atom. The lowest BCUT2D eigenvalue weighted by Gasteiger charge is -2.27. The van der Waals surface area contributed by atoms with Crippen molar-refractivity contribution in [2.75, 3.05) is 6.54 Å². The molecule has 0 spiro atoms. The normalized spacial score (nSPS) is 15.7. The van der Waals surface area contributed by atoms with Crippen LogP contribution in [0.3, 0.4) is 0 Å². The van der Waals surface area contributed by atoms with Crippen LogP contribution in [0.15, 0.2) is 30.3 Å². The topological polar surface area (TPSA) is 37.4 Å². The number of carbonyl (C=O) groups is 2. The molecule has 19 heavy (non-hydrogen) atoms. The molecule has 0 unspecified atom stereocenters. The number of nitrogens with zero attached hydrogens (tertiary/aromatic N) is 1. The summed E-state index contributed by atoms with van der Waals surface area (Å²) in [6, 6.07) is 4.42. The first-order chi connectivity index (χ1) is 8.88. The molecule has 1 fully saturated rings. The number of rotatable bonds is 2. The average Bonchev–Trinajstić information content (AvgIpc) is 2.34. The maximum atomic E-state index is 12.3. The molecular weight excluding hydrogens is 259 g/mol. The van der Waals surface area contributed by atoms with Gasteiger partial charge < -0.3 is 0 Å². The number of carbonyl (C=O) groups excluding carboxylic acids is 2. The van der Waals surface area contributed by atoms with Crippen LogP contribution in [0.1, 0.15) is 17.5 Å². The van der Waals surface area contributed by atoms with Gasteiger partial charge in [0.05, 0.1) is 5.56 Å². The van der Waals surface area contributed by atoms with E-state index >= 15 is 0 Å². The van der Waals surface area contributed by atoms with Crippen molar-refractivity contribution in [3.63, 3.8) is 0 Å². The number of likely N-dealkylation sites (tertiary alicyclic amines) is 1. The standard InChI is InChI=1S/C13H10F3NO2/c14-13(15,16)10-4-1-9(2-5-10)3-6-11(18)17-8-7-12(17)19/h1-6H,7-8H2/b6-3+. The number of alkyl halides is 3. The minimum Gasteiger partial charge on any atom is -0.278 e. The van der Waals surface area contributed by atoms with Crippen molar-refractivity contribution in [3.05, 3.63) is 41.5 Å². The Kier molecular flexibility index (Phi) is 3.42. The van der Waals surface area contributed by atoms with Crippen molar-refractivity contribution in [2.45, 2.75) is 12.6 Å². The lowest BCUT2D eigenvalue weighted by molar-refractivity contribution is -0.149. The van der Waals surface area contributed by atoms with E-state index in [2.05, 4.69) is 0 Å². The Morgan fingerprint density at radius 3 is 2.26 bits per heavy atom. The van der Waals surface area contributed by atoms with Gasteiger partial charge in [0.15, 0.2) is 0 Å². The van der Waals surface area contributed by atoms with Gasteiger partial charge in [0.1, 0.15) is 0 Å². The van der Waals surface area contributed by atoms with Crippen LogP contribution in [-0.2, 0) is 15.8 Å². The van der Waals surface area contributed by atoms with E-state index in [0.29, 0.717) is 18.5 Å². The fourth-order valence-electron chi connectivity index (χ4n) is 1.59. The van der Waals surface area contributed by atoms with Gasteiger partial charge in [0.2, 0.25) is 5.91 Å². The van der Waals surface area contributed by atoms with Gasteiger partial charge in [-0.3, -0.25) is 14.5 Å². The highest BCUT2D eigenvalue weighted by atomic mass is 19.4. The first-order valence-electron chi connectivity index (χ1n) is 5.57. The summed E-state index contributed by atoms with van der Waals surface area (Å²) in [6.45, 7) is 0.398. The zero-order chi connectivity index (χ0) is 14.0. The van der Waals surface area contributed by atoms with E-state index in [1.807, 2.05) is 0 Å². The van der Waals surface area contributed by atoms with Crippen LogP contribution in [0, 0.1) is 0 Å². The predicted molar refractivity (Wildman–Crippen MR) is 61.8 cm³/mol. The van der Waals surface area contributed by atoms with Crippen molar-refractivity contribution in [1.29, 1.82) is 0 Å². The van der Waals surface area contributed by atoms with Gasteiger partial charge in [0.25, 0.3) is 5.91 Å². The summed E-state index contributed by atoms with van der Waals surface area (Å²) in [5.74, 6) is -0.682. The maximum Gasteiger partial charge on any atom is 0.416 e. The molecule has 100 valence electrons. The molecule has 2 rings (SSSR count). The summed E-state index contributed by atoms with van der Waals surface area (Å²) < 4.78 is 37.0. The molecule has 1 aliphatic heterocycles. The van der Waals surface area contributed by atoms with Crippen LogP contribution in [0.25, 0.3) is 6.08 Å². The Hall–Kier alpha value is -2.11. The molecule has 0 atom stereocenters. The van der Waals surface area contributed by atoms with Gasteiger partial charge in [-0.2, -0.15) is 13.2 Å². The smallest absolute Gasteiger partial charge is 0.278 e. The molecule has 2 amide bonds. The molecule has 1 aromatic rings. The minimum absolute atomic E-state index is 0.234. The molecule has 0 N–H and O–H groups in total. The summed E-state index contributed by atoms with van der Waals surface area (Å²) >= 11 is 0. The molecule has 1 heterocycles. The van der Waals surface area contributed by atoms with E-state index < -0.39 is 17.6 Å². The summed E-state index contributed by atoms with van der Waals surface area (Å²) in [5.41, 5.74) is -0.275. The zero-order valence-electron chi connectivity index (χ0n) is 9.78. The number of hydrogen-bond acceptors (Lipinski definition) is 2. The van der Waals surface area contributed by atoms with E-state index in [-0.39, 0.29) is 5.91 Å². The first kappa shape index (κ1) is 13.3. The Labute approximate surface area is 107 Å². The molecule has 1 aliphatic rings. The third-order valence-electron chi connectivity index (χ3n) is 2.77. The fourth-order valence-corrected chi connectivity index (χ4v) is 1.59. The lowest BCUT2D eigenvalue weighted by atomic mass is 10.1. The predicted octanol–water partition coefficient (Wildman–Crippen LogP) is 2.48. The summed E-state index contributed by atoms with van der Waals surface area (Å²) in [4.78, 5) is 23.5. The maximum absolute atomic E-state index is 12.3. The van der Waals surface area contributed by atoms with Gasteiger partial charge in [0, 0.05) is 19.0 Å². The van der Waals surface area contributed by atoms with Crippen molar-refractivity contribution in [3.8, 4) is 0 Å². The van der Waals surface area contributed by atoms with E-state index in [4.69, 9.17) is 0 Å². The van der Waals surface area contributed by atoms with Gasteiger partial charge in [-0.25, -0.2) is 0 Å². The second kappa shape index (κ2) is 4.87. The molecule has 0 bridgehead atoms. The monoisotopic (exact) mass is 269 g/mol. The molecule has 1 aromatic carbocycles. The van der Waals surface area contributed by atoms with Crippen LogP contribution < -0.4 is 0 Å². The summed E-state index contributed by atoms with van der Waals surface area (Å²) in [7, 11) is 0. The fraction of sp³-hybridized carbons (Fsp3) is 0.231. The molecule has 3 nitrogen and oxygen atoms in total. The van der Waals surface area contributed by atoms with Gasteiger partial charge in [-0.05, 0) is 23.8 Å². The average molecular weight is 269 g/mol. The van der Waals surface area contributed by atoms with Crippen molar-refractivity contribution >= 4 is 17.9 Å². The van der Waals surface area contributed by atoms with Crippen LogP contribution in [0.2, 0.25) is 0 Å². The Balaban J connectivity index is 2.03. The van der Waals surface area contributed by atoms with Crippen LogP contribution in [-0.4, -0.2) is 23.3 Å². The molecule has 0 saturated carbocycles.